The lowest BCUT2D eigenvalue weighted by Gasteiger charge is -2.24. The number of carboxylic acid groups (broad SMARTS) is 1. The average Bonchev–Trinajstić information content (AvgIpc) is 2.99. The van der Waals surface area contributed by atoms with Crippen molar-refractivity contribution >= 4 is 18.2 Å². The van der Waals surface area contributed by atoms with Crippen molar-refractivity contribution in [2.45, 2.75) is 32.4 Å². The van der Waals surface area contributed by atoms with Crippen molar-refractivity contribution in [3.8, 4) is 5.75 Å². The molecule has 3 N–H and O–H groups in total. The summed E-state index contributed by atoms with van der Waals surface area (Å²) < 4.78 is 1.81. The molecule has 0 bridgehead atoms. The molecule has 1 atom stereocenters. The minimum absolute atomic E-state index is 0.0000606. The summed E-state index contributed by atoms with van der Waals surface area (Å²) in [5.74, 6) is 1.05. The SMILES string of the molecule is CCn1ncc2c1NC(=O)CC2c1ccc(O)c(CN(C)C)c1.O=CO. The lowest BCUT2D eigenvalue weighted by molar-refractivity contribution is -0.123. The number of aromatic hydroxyl groups is 1. The number of carbonyl (C=O) groups is 2. The average molecular weight is 360 g/mol. The molecule has 8 heteroatoms. The summed E-state index contributed by atoms with van der Waals surface area (Å²) in [5.41, 5.74) is 2.93. The third kappa shape index (κ3) is 4.20. The fourth-order valence-corrected chi connectivity index (χ4v) is 3.10. The van der Waals surface area contributed by atoms with E-state index in [0.717, 1.165) is 22.5 Å². The fourth-order valence-electron chi connectivity index (χ4n) is 3.10. The first-order valence-electron chi connectivity index (χ1n) is 8.31. The highest BCUT2D eigenvalue weighted by Gasteiger charge is 2.30. The molecule has 1 aromatic heterocycles. The van der Waals surface area contributed by atoms with E-state index in [0.29, 0.717) is 19.5 Å². The van der Waals surface area contributed by atoms with Crippen molar-refractivity contribution in [2.75, 3.05) is 19.4 Å². The summed E-state index contributed by atoms with van der Waals surface area (Å²) in [6, 6.07) is 5.60. The van der Waals surface area contributed by atoms with Crippen LogP contribution in [0.25, 0.3) is 0 Å². The molecule has 1 unspecified atom stereocenters. The van der Waals surface area contributed by atoms with Crippen molar-refractivity contribution in [2.24, 2.45) is 0 Å². The number of nitrogens with zero attached hydrogens (tertiary/aromatic N) is 3. The van der Waals surface area contributed by atoms with Gasteiger partial charge in [0.05, 0.1) is 6.20 Å². The summed E-state index contributed by atoms with van der Waals surface area (Å²) >= 11 is 0. The van der Waals surface area contributed by atoms with Crippen molar-refractivity contribution in [3.05, 3.63) is 41.1 Å². The molecule has 1 amide bonds. The zero-order valence-corrected chi connectivity index (χ0v) is 15.1. The zero-order valence-electron chi connectivity index (χ0n) is 15.1. The van der Waals surface area contributed by atoms with E-state index in [9.17, 15) is 9.90 Å². The van der Waals surface area contributed by atoms with Crippen LogP contribution in [-0.2, 0) is 22.7 Å². The van der Waals surface area contributed by atoms with Gasteiger partial charge in [-0.1, -0.05) is 12.1 Å². The normalized spacial score (nSPS) is 15.7. The van der Waals surface area contributed by atoms with E-state index in [1.54, 1.807) is 10.7 Å². The van der Waals surface area contributed by atoms with E-state index in [1.165, 1.54) is 0 Å². The number of anilines is 1. The maximum Gasteiger partial charge on any atom is 0.290 e. The topological polar surface area (TPSA) is 108 Å². The molecule has 1 aromatic carbocycles. The van der Waals surface area contributed by atoms with Crippen molar-refractivity contribution in [1.82, 2.24) is 14.7 Å². The molecule has 3 rings (SSSR count). The van der Waals surface area contributed by atoms with Crippen LogP contribution in [0.1, 0.15) is 36.0 Å². The molecule has 8 nitrogen and oxygen atoms in total. The number of rotatable bonds is 4. The third-order valence-corrected chi connectivity index (χ3v) is 4.18. The van der Waals surface area contributed by atoms with E-state index < -0.39 is 0 Å². The lowest BCUT2D eigenvalue weighted by atomic mass is 9.86. The number of aryl methyl sites for hydroxylation is 1. The van der Waals surface area contributed by atoms with Crippen LogP contribution >= 0.6 is 0 Å². The number of phenolic OH excluding ortho intramolecular Hbond substituents is 1. The van der Waals surface area contributed by atoms with Crippen LogP contribution in [0.2, 0.25) is 0 Å². The Hall–Kier alpha value is -2.87. The third-order valence-electron chi connectivity index (χ3n) is 4.18. The highest BCUT2D eigenvalue weighted by atomic mass is 16.3. The molecule has 0 aliphatic carbocycles. The lowest BCUT2D eigenvalue weighted by Crippen LogP contribution is -2.24. The van der Waals surface area contributed by atoms with Gasteiger partial charge in [0, 0.05) is 36.6 Å². The minimum atomic E-state index is -0.250. The van der Waals surface area contributed by atoms with E-state index in [-0.39, 0.29) is 24.0 Å². The largest absolute Gasteiger partial charge is 0.508 e. The van der Waals surface area contributed by atoms with E-state index in [1.807, 2.05) is 44.2 Å². The number of hydrogen-bond acceptors (Lipinski definition) is 5. The molecular weight excluding hydrogens is 336 g/mol. The Labute approximate surface area is 152 Å². The molecule has 1 aliphatic rings. The molecule has 2 aromatic rings. The van der Waals surface area contributed by atoms with Crippen molar-refractivity contribution < 1.29 is 19.8 Å². The second-order valence-electron chi connectivity index (χ2n) is 6.30. The van der Waals surface area contributed by atoms with Crippen molar-refractivity contribution in [1.29, 1.82) is 0 Å². The molecule has 0 saturated carbocycles. The molecule has 26 heavy (non-hydrogen) atoms. The predicted molar refractivity (Wildman–Crippen MR) is 97.2 cm³/mol. The predicted octanol–water partition coefficient (Wildman–Crippen LogP) is 1.85. The van der Waals surface area contributed by atoms with Gasteiger partial charge in [0.2, 0.25) is 5.91 Å². The number of fused-ring (bicyclic) bond motifs is 1. The molecule has 0 radical (unpaired) electrons. The summed E-state index contributed by atoms with van der Waals surface area (Å²) in [7, 11) is 3.92. The number of carbonyl (C=O) groups excluding carboxylic acids is 1. The van der Waals surface area contributed by atoms with Crippen LogP contribution in [-0.4, -0.2) is 51.4 Å². The molecule has 140 valence electrons. The van der Waals surface area contributed by atoms with E-state index >= 15 is 0 Å². The van der Waals surface area contributed by atoms with Gasteiger partial charge >= 0.3 is 0 Å². The molecule has 1 aliphatic heterocycles. The Balaban J connectivity index is 0.000000758. The van der Waals surface area contributed by atoms with Gasteiger partial charge in [-0.25, -0.2) is 4.68 Å². The fraction of sp³-hybridized carbons (Fsp3) is 0.389. The zero-order chi connectivity index (χ0) is 19.3. The Morgan fingerprint density at radius 2 is 2.12 bits per heavy atom. The minimum Gasteiger partial charge on any atom is -0.508 e. The Morgan fingerprint density at radius 1 is 1.42 bits per heavy atom. The highest BCUT2D eigenvalue weighted by Crippen LogP contribution is 2.38. The van der Waals surface area contributed by atoms with Gasteiger partial charge in [-0.2, -0.15) is 5.10 Å². The van der Waals surface area contributed by atoms with Crippen molar-refractivity contribution in [3.63, 3.8) is 0 Å². The summed E-state index contributed by atoms with van der Waals surface area (Å²) in [4.78, 5) is 22.5. The molecule has 0 spiro atoms. The molecule has 0 saturated heterocycles. The number of aromatic nitrogens is 2. The first kappa shape index (κ1) is 19.5. The summed E-state index contributed by atoms with van der Waals surface area (Å²) in [5, 5.41) is 24.2. The van der Waals surface area contributed by atoms with Gasteiger partial charge in [-0.05, 0) is 32.6 Å². The molecule has 2 heterocycles. The number of amides is 1. The molecular formula is C18H24N4O4. The summed E-state index contributed by atoms with van der Waals surface area (Å²) in [6.45, 7) is 3.11. The maximum absolute atomic E-state index is 12.1. The number of hydrogen-bond donors (Lipinski definition) is 3. The maximum atomic E-state index is 12.1. The Bertz CT molecular complexity index is 785. The first-order chi connectivity index (χ1) is 12.4. The first-order valence-corrected chi connectivity index (χ1v) is 8.31. The van der Waals surface area contributed by atoms with Gasteiger partial charge in [-0.15, -0.1) is 0 Å². The standard InChI is InChI=1S/C17H22N4O2.CH2O2/c1-4-21-17-14(9-18-21)13(8-16(23)19-17)11-5-6-15(22)12(7-11)10-20(2)3;2-1-3/h5-7,9,13,22H,4,8,10H2,1-3H3,(H,19,23);1H,(H,2,3). The van der Waals surface area contributed by atoms with Crippen LogP contribution < -0.4 is 5.32 Å². The quantitative estimate of drug-likeness (QED) is 0.718. The van der Waals surface area contributed by atoms with Gasteiger partial charge in [0.1, 0.15) is 11.6 Å². The number of nitrogens with one attached hydrogen (secondary N) is 1. The summed E-state index contributed by atoms with van der Waals surface area (Å²) in [6.07, 6.45) is 2.23. The van der Waals surface area contributed by atoms with Gasteiger partial charge in [0.15, 0.2) is 0 Å². The van der Waals surface area contributed by atoms with Crippen LogP contribution in [0.4, 0.5) is 5.82 Å². The second-order valence-corrected chi connectivity index (χ2v) is 6.30. The van der Waals surface area contributed by atoms with Crippen LogP contribution in [0, 0.1) is 0 Å². The Morgan fingerprint density at radius 3 is 2.73 bits per heavy atom. The van der Waals surface area contributed by atoms with Crippen LogP contribution in [0.3, 0.4) is 0 Å². The smallest absolute Gasteiger partial charge is 0.290 e. The van der Waals surface area contributed by atoms with Gasteiger partial charge in [0.25, 0.3) is 6.47 Å². The second kappa shape index (κ2) is 8.48. The Kier molecular flexibility index (Phi) is 6.35. The van der Waals surface area contributed by atoms with E-state index in [4.69, 9.17) is 9.90 Å². The monoisotopic (exact) mass is 360 g/mol. The number of benzene rings is 1. The van der Waals surface area contributed by atoms with Gasteiger partial charge in [-0.3, -0.25) is 9.59 Å². The molecule has 0 fully saturated rings. The van der Waals surface area contributed by atoms with Gasteiger partial charge < -0.3 is 20.4 Å². The number of phenols is 1. The van der Waals surface area contributed by atoms with Crippen LogP contribution in [0.5, 0.6) is 5.75 Å². The van der Waals surface area contributed by atoms with E-state index in [2.05, 4.69) is 10.4 Å². The highest BCUT2D eigenvalue weighted by molar-refractivity contribution is 5.94. The van der Waals surface area contributed by atoms with Crippen LogP contribution in [0.15, 0.2) is 24.4 Å².